The molecule has 3 heterocycles. The van der Waals surface area contributed by atoms with E-state index < -0.39 is 5.56 Å². The molecule has 0 bridgehead atoms. The lowest BCUT2D eigenvalue weighted by Crippen LogP contribution is -2.34. The number of aryl methyl sites for hydroxylation is 1. The van der Waals surface area contributed by atoms with Gasteiger partial charge in [-0.25, -0.2) is 0 Å². The van der Waals surface area contributed by atoms with E-state index in [1.165, 1.54) is 28.3 Å². The summed E-state index contributed by atoms with van der Waals surface area (Å²) in [7, 11) is 0. The summed E-state index contributed by atoms with van der Waals surface area (Å²) in [6, 6.07) is 9.13. The van der Waals surface area contributed by atoms with E-state index >= 15 is 0 Å². The Morgan fingerprint density at radius 2 is 2.18 bits per heavy atom. The molecule has 1 atom stereocenters. The van der Waals surface area contributed by atoms with Crippen LogP contribution in [0.25, 0.3) is 4.96 Å². The van der Waals surface area contributed by atoms with Crippen molar-refractivity contribution in [3.63, 3.8) is 0 Å². The van der Waals surface area contributed by atoms with Gasteiger partial charge in [0.05, 0.1) is 0 Å². The van der Waals surface area contributed by atoms with Gasteiger partial charge >= 0.3 is 0 Å². The summed E-state index contributed by atoms with van der Waals surface area (Å²) in [5.41, 5.74) is 1.93. The molecule has 3 aromatic rings. The summed E-state index contributed by atoms with van der Waals surface area (Å²) in [4.78, 5) is 31.5. The summed E-state index contributed by atoms with van der Waals surface area (Å²) in [6.45, 7) is 6.49. The lowest BCUT2D eigenvalue weighted by Gasteiger charge is -2.30. The molecule has 4 rings (SSSR count). The lowest BCUT2D eigenvalue weighted by atomic mass is 10.0. The van der Waals surface area contributed by atoms with Crippen LogP contribution in [0.1, 0.15) is 41.4 Å². The second kappa shape index (κ2) is 7.71. The lowest BCUT2D eigenvalue weighted by molar-refractivity contribution is 0.0943. The van der Waals surface area contributed by atoms with Crippen molar-refractivity contribution in [3.8, 4) is 0 Å². The largest absolute Gasteiger partial charge is 0.347 e. The molecule has 0 aliphatic carbocycles. The molecule has 1 aromatic carbocycles. The maximum Gasteiger partial charge on any atom is 0.274 e. The van der Waals surface area contributed by atoms with Gasteiger partial charge in [-0.2, -0.15) is 9.50 Å². The van der Waals surface area contributed by atoms with Crippen molar-refractivity contribution in [3.05, 3.63) is 57.5 Å². The monoisotopic (exact) mass is 397 g/mol. The molecule has 1 unspecified atom stereocenters. The molecule has 1 saturated heterocycles. The molecular formula is C20H23N5O2S. The van der Waals surface area contributed by atoms with Crippen molar-refractivity contribution in [2.75, 3.05) is 18.0 Å². The Hall–Kier alpha value is -2.74. The van der Waals surface area contributed by atoms with Gasteiger partial charge in [-0.15, -0.1) is 5.10 Å². The minimum atomic E-state index is -0.428. The maximum atomic E-state index is 12.8. The second-order valence-corrected chi connectivity index (χ2v) is 8.30. The molecule has 1 aliphatic rings. The smallest absolute Gasteiger partial charge is 0.274 e. The number of hydrogen-bond acceptors (Lipinski definition) is 6. The molecule has 1 aliphatic heterocycles. The molecule has 1 N–H and O–H groups in total. The van der Waals surface area contributed by atoms with Crippen LogP contribution in [0.3, 0.4) is 0 Å². The fraction of sp³-hybridized carbons (Fsp3) is 0.400. The van der Waals surface area contributed by atoms with Crippen LogP contribution < -0.4 is 15.8 Å². The number of fused-ring (bicyclic) bond motifs is 1. The van der Waals surface area contributed by atoms with Gasteiger partial charge in [0.2, 0.25) is 10.1 Å². The highest BCUT2D eigenvalue weighted by molar-refractivity contribution is 7.20. The van der Waals surface area contributed by atoms with Crippen LogP contribution >= 0.6 is 11.3 Å². The number of nitrogens with zero attached hydrogens (tertiary/aromatic N) is 4. The average Bonchev–Trinajstić information content (AvgIpc) is 3.10. The van der Waals surface area contributed by atoms with Crippen molar-refractivity contribution in [2.24, 2.45) is 5.92 Å². The van der Waals surface area contributed by atoms with Crippen molar-refractivity contribution in [1.82, 2.24) is 19.9 Å². The van der Waals surface area contributed by atoms with Crippen molar-refractivity contribution in [1.29, 1.82) is 0 Å². The predicted molar refractivity (Wildman–Crippen MR) is 110 cm³/mol. The van der Waals surface area contributed by atoms with Gasteiger partial charge in [-0.3, -0.25) is 9.59 Å². The summed E-state index contributed by atoms with van der Waals surface area (Å²) in [5.74, 6) is 0.271. The van der Waals surface area contributed by atoms with Crippen LogP contribution in [0, 0.1) is 12.8 Å². The molecule has 1 fully saturated rings. The van der Waals surface area contributed by atoms with Gasteiger partial charge in [-0.05, 0) is 36.8 Å². The Bertz CT molecular complexity index is 1070. The van der Waals surface area contributed by atoms with Crippen LogP contribution in [0.2, 0.25) is 0 Å². The van der Waals surface area contributed by atoms with Gasteiger partial charge in [0, 0.05) is 25.7 Å². The molecule has 146 valence electrons. The molecular weight excluding hydrogens is 374 g/mol. The fourth-order valence-corrected chi connectivity index (χ4v) is 4.47. The number of carbonyl (C=O) groups excluding carboxylic acids is 1. The van der Waals surface area contributed by atoms with Gasteiger partial charge in [-0.1, -0.05) is 42.5 Å². The van der Waals surface area contributed by atoms with E-state index in [0.717, 1.165) is 35.8 Å². The zero-order valence-corrected chi connectivity index (χ0v) is 16.8. The SMILES string of the molecule is Cc1ccccc1CNC(=O)c1cc(=O)nc2sc(N3CCCC(C)C3)nn12. The third kappa shape index (κ3) is 3.77. The summed E-state index contributed by atoms with van der Waals surface area (Å²) >= 11 is 1.36. The van der Waals surface area contributed by atoms with Crippen LogP contribution in [0.15, 0.2) is 35.1 Å². The number of benzene rings is 1. The summed E-state index contributed by atoms with van der Waals surface area (Å²) < 4.78 is 1.49. The van der Waals surface area contributed by atoms with E-state index in [2.05, 4.69) is 27.2 Å². The Labute approximate surface area is 167 Å². The first kappa shape index (κ1) is 18.6. The maximum absolute atomic E-state index is 12.8. The number of carbonyl (C=O) groups is 1. The highest BCUT2D eigenvalue weighted by Gasteiger charge is 2.22. The van der Waals surface area contributed by atoms with E-state index in [-0.39, 0.29) is 11.6 Å². The number of hydrogen-bond donors (Lipinski definition) is 1. The number of amides is 1. The highest BCUT2D eigenvalue weighted by atomic mass is 32.1. The van der Waals surface area contributed by atoms with E-state index in [1.807, 2.05) is 31.2 Å². The standard InChI is InChI=1S/C20H23N5O2S/c1-13-6-5-9-24(12-13)20-23-25-16(10-17(26)22-19(25)28-20)18(27)21-11-15-8-4-3-7-14(15)2/h3-4,7-8,10,13H,5-6,9,11-12H2,1-2H3,(H,21,27). The van der Waals surface area contributed by atoms with Crippen LogP contribution in [0.5, 0.6) is 0 Å². The minimum absolute atomic E-state index is 0.219. The topological polar surface area (TPSA) is 79.6 Å². The normalized spacial score (nSPS) is 17.1. The summed E-state index contributed by atoms with van der Waals surface area (Å²) in [5, 5.41) is 8.30. The Morgan fingerprint density at radius 3 is 2.96 bits per heavy atom. The number of piperidine rings is 1. The average molecular weight is 398 g/mol. The van der Waals surface area contributed by atoms with Crippen LogP contribution in [-0.2, 0) is 6.54 Å². The molecule has 28 heavy (non-hydrogen) atoms. The number of aromatic nitrogens is 3. The van der Waals surface area contributed by atoms with Crippen LogP contribution in [0.4, 0.5) is 5.13 Å². The third-order valence-electron chi connectivity index (χ3n) is 5.10. The van der Waals surface area contributed by atoms with Gasteiger partial charge in [0.1, 0.15) is 5.69 Å². The van der Waals surface area contributed by atoms with Crippen molar-refractivity contribution in [2.45, 2.75) is 33.2 Å². The van der Waals surface area contributed by atoms with Gasteiger partial charge in [0.15, 0.2) is 0 Å². The molecule has 8 heteroatoms. The fourth-order valence-electron chi connectivity index (χ4n) is 3.53. The molecule has 0 radical (unpaired) electrons. The van der Waals surface area contributed by atoms with E-state index in [0.29, 0.717) is 17.4 Å². The zero-order chi connectivity index (χ0) is 19.7. The first-order valence-electron chi connectivity index (χ1n) is 9.50. The van der Waals surface area contributed by atoms with Crippen LogP contribution in [-0.4, -0.2) is 33.6 Å². The highest BCUT2D eigenvalue weighted by Crippen LogP contribution is 2.27. The number of nitrogens with one attached hydrogen (secondary N) is 1. The zero-order valence-electron chi connectivity index (χ0n) is 16.0. The third-order valence-corrected chi connectivity index (χ3v) is 6.07. The quantitative estimate of drug-likeness (QED) is 0.732. The van der Waals surface area contributed by atoms with Gasteiger partial charge < -0.3 is 10.2 Å². The second-order valence-electron chi connectivity index (χ2n) is 7.36. The molecule has 0 spiro atoms. The molecule has 0 saturated carbocycles. The van der Waals surface area contributed by atoms with Crippen molar-refractivity contribution >= 4 is 27.3 Å². The Balaban J connectivity index is 1.61. The molecule has 1 amide bonds. The number of anilines is 1. The van der Waals surface area contributed by atoms with E-state index in [1.54, 1.807) is 0 Å². The first-order chi connectivity index (χ1) is 13.5. The van der Waals surface area contributed by atoms with E-state index in [4.69, 9.17) is 0 Å². The van der Waals surface area contributed by atoms with E-state index in [9.17, 15) is 9.59 Å². The summed E-state index contributed by atoms with van der Waals surface area (Å²) in [6.07, 6.45) is 2.33. The van der Waals surface area contributed by atoms with Gasteiger partial charge in [0.25, 0.3) is 11.5 Å². The minimum Gasteiger partial charge on any atom is -0.347 e. The Kier molecular flexibility index (Phi) is 5.13. The van der Waals surface area contributed by atoms with Crippen molar-refractivity contribution < 1.29 is 4.79 Å². The molecule has 2 aromatic heterocycles. The first-order valence-corrected chi connectivity index (χ1v) is 10.3. The predicted octanol–water partition coefficient (Wildman–Crippen LogP) is 2.63. The molecule has 7 nitrogen and oxygen atoms in total. The number of rotatable bonds is 4. The Morgan fingerprint density at radius 1 is 1.36 bits per heavy atom.